The van der Waals surface area contributed by atoms with Crippen LogP contribution in [0, 0.1) is 0 Å². The molecule has 0 aliphatic carbocycles. The number of hydrogen-bond acceptors (Lipinski definition) is 3. The van der Waals surface area contributed by atoms with E-state index >= 15 is 0 Å². The Balaban J connectivity index is 1.81. The molecule has 130 valence electrons. The number of anilines is 1. The van der Waals surface area contributed by atoms with Crippen molar-refractivity contribution in [2.75, 3.05) is 4.90 Å². The summed E-state index contributed by atoms with van der Waals surface area (Å²) >= 11 is 0. The summed E-state index contributed by atoms with van der Waals surface area (Å²) in [7, 11) is 0. The van der Waals surface area contributed by atoms with E-state index in [-0.39, 0.29) is 11.7 Å². The predicted molar refractivity (Wildman–Crippen MR) is 102 cm³/mol. The molecule has 1 amide bonds. The fourth-order valence-corrected chi connectivity index (χ4v) is 3.39. The molecule has 3 aromatic rings. The molecule has 0 aromatic heterocycles. The number of rotatable bonds is 3. The van der Waals surface area contributed by atoms with Crippen molar-refractivity contribution in [2.45, 2.75) is 26.5 Å². The molecular weight excluding hydrogens is 326 g/mol. The molecule has 1 atom stereocenters. The molecule has 0 radical (unpaired) electrons. The van der Waals surface area contributed by atoms with E-state index in [9.17, 15) is 9.59 Å². The molecule has 1 unspecified atom stereocenters. The van der Waals surface area contributed by atoms with Gasteiger partial charge >= 0.3 is 0 Å². The molecule has 0 saturated heterocycles. The second-order valence-corrected chi connectivity index (χ2v) is 6.56. The van der Waals surface area contributed by atoms with Crippen LogP contribution in [-0.4, -0.2) is 17.8 Å². The van der Waals surface area contributed by atoms with Crippen LogP contribution in [0.2, 0.25) is 0 Å². The number of hydrogen-bond donors (Lipinski definition) is 0. The summed E-state index contributed by atoms with van der Waals surface area (Å²) in [5, 5.41) is 2.25. The van der Waals surface area contributed by atoms with Crippen LogP contribution in [0.4, 0.5) is 5.69 Å². The lowest BCUT2D eigenvalue weighted by Crippen LogP contribution is -2.44. The lowest BCUT2D eigenvalue weighted by atomic mass is 10.0. The Labute approximate surface area is 152 Å². The van der Waals surface area contributed by atoms with Crippen molar-refractivity contribution in [1.29, 1.82) is 0 Å². The standard InChI is InChI=1S/C22H19NO3/c1-14(24)17-10-11-21-20(12-17)23(22(25)15(2)26-21)13-18-8-5-7-16-6-3-4-9-19(16)18/h3-12,15H,13H2,1-2H3. The zero-order chi connectivity index (χ0) is 18.3. The van der Waals surface area contributed by atoms with E-state index < -0.39 is 6.10 Å². The largest absolute Gasteiger partial charge is 0.479 e. The smallest absolute Gasteiger partial charge is 0.268 e. The molecule has 4 nitrogen and oxygen atoms in total. The highest BCUT2D eigenvalue weighted by atomic mass is 16.5. The zero-order valence-corrected chi connectivity index (χ0v) is 14.7. The molecule has 0 N–H and O–H groups in total. The first-order valence-electron chi connectivity index (χ1n) is 8.64. The van der Waals surface area contributed by atoms with Crippen molar-refractivity contribution in [1.82, 2.24) is 0 Å². The molecule has 4 rings (SSSR count). The van der Waals surface area contributed by atoms with E-state index in [2.05, 4.69) is 18.2 Å². The van der Waals surface area contributed by atoms with E-state index in [4.69, 9.17) is 4.74 Å². The third kappa shape index (κ3) is 2.73. The number of benzene rings is 3. The van der Waals surface area contributed by atoms with Crippen molar-refractivity contribution >= 4 is 28.2 Å². The highest BCUT2D eigenvalue weighted by molar-refractivity contribution is 6.02. The van der Waals surface area contributed by atoms with Gasteiger partial charge in [0.15, 0.2) is 11.9 Å². The maximum Gasteiger partial charge on any atom is 0.268 e. The third-order valence-electron chi connectivity index (χ3n) is 4.78. The number of nitrogens with zero attached hydrogens (tertiary/aromatic N) is 1. The summed E-state index contributed by atoms with van der Waals surface area (Å²) in [5.41, 5.74) is 2.27. The van der Waals surface area contributed by atoms with Crippen LogP contribution in [0.1, 0.15) is 29.8 Å². The fraction of sp³-hybridized carbons (Fsp3) is 0.182. The minimum atomic E-state index is -0.555. The molecule has 1 heterocycles. The summed E-state index contributed by atoms with van der Waals surface area (Å²) in [6, 6.07) is 19.5. The van der Waals surface area contributed by atoms with Crippen LogP contribution < -0.4 is 9.64 Å². The summed E-state index contributed by atoms with van der Waals surface area (Å²) < 4.78 is 5.73. The first-order valence-corrected chi connectivity index (χ1v) is 8.64. The Morgan fingerprint density at radius 1 is 1.08 bits per heavy atom. The lowest BCUT2D eigenvalue weighted by molar-refractivity contribution is -0.125. The minimum Gasteiger partial charge on any atom is -0.479 e. The normalized spacial score (nSPS) is 16.3. The Morgan fingerprint density at radius 3 is 2.65 bits per heavy atom. The molecule has 3 aromatic carbocycles. The van der Waals surface area contributed by atoms with Crippen LogP contribution in [-0.2, 0) is 11.3 Å². The van der Waals surface area contributed by atoms with E-state index in [1.807, 2.05) is 24.3 Å². The minimum absolute atomic E-state index is 0.0380. The maximum absolute atomic E-state index is 12.8. The summed E-state index contributed by atoms with van der Waals surface area (Å²) in [6.45, 7) is 3.70. The Hall–Kier alpha value is -3.14. The fourth-order valence-electron chi connectivity index (χ4n) is 3.39. The first-order chi connectivity index (χ1) is 12.5. The van der Waals surface area contributed by atoms with Gasteiger partial charge in [0.25, 0.3) is 5.91 Å². The number of ketones is 1. The Morgan fingerprint density at radius 2 is 1.85 bits per heavy atom. The van der Waals surface area contributed by atoms with Crippen LogP contribution in [0.15, 0.2) is 60.7 Å². The van der Waals surface area contributed by atoms with Gasteiger partial charge < -0.3 is 9.64 Å². The van der Waals surface area contributed by atoms with Gasteiger partial charge in [0.1, 0.15) is 5.75 Å². The second kappa shape index (κ2) is 6.30. The van der Waals surface area contributed by atoms with Gasteiger partial charge in [0, 0.05) is 5.56 Å². The number of ether oxygens (including phenoxy) is 1. The van der Waals surface area contributed by atoms with Gasteiger partial charge in [-0.15, -0.1) is 0 Å². The number of fused-ring (bicyclic) bond motifs is 2. The van der Waals surface area contributed by atoms with Crippen molar-refractivity contribution < 1.29 is 14.3 Å². The molecular formula is C22H19NO3. The van der Waals surface area contributed by atoms with Gasteiger partial charge in [-0.2, -0.15) is 0 Å². The molecule has 0 saturated carbocycles. The van der Waals surface area contributed by atoms with Crippen LogP contribution >= 0.6 is 0 Å². The average Bonchev–Trinajstić information content (AvgIpc) is 2.65. The molecule has 26 heavy (non-hydrogen) atoms. The number of carbonyl (C=O) groups excluding carboxylic acids is 2. The van der Waals surface area contributed by atoms with Crippen molar-refractivity contribution in [3.8, 4) is 5.75 Å². The van der Waals surface area contributed by atoms with E-state index in [0.29, 0.717) is 23.5 Å². The highest BCUT2D eigenvalue weighted by Gasteiger charge is 2.32. The van der Waals surface area contributed by atoms with Crippen LogP contribution in [0.3, 0.4) is 0 Å². The summed E-state index contributed by atoms with van der Waals surface area (Å²) in [6.07, 6.45) is -0.555. The number of amides is 1. The van der Waals surface area contributed by atoms with Gasteiger partial charge in [-0.3, -0.25) is 9.59 Å². The van der Waals surface area contributed by atoms with Gasteiger partial charge in [0.2, 0.25) is 0 Å². The van der Waals surface area contributed by atoms with Gasteiger partial charge in [-0.25, -0.2) is 0 Å². The van der Waals surface area contributed by atoms with Gasteiger partial charge in [-0.05, 0) is 48.4 Å². The van der Waals surface area contributed by atoms with Crippen molar-refractivity contribution in [3.05, 3.63) is 71.8 Å². The molecule has 4 heteroatoms. The molecule has 1 aliphatic rings. The van der Waals surface area contributed by atoms with E-state index in [1.165, 1.54) is 6.92 Å². The monoisotopic (exact) mass is 345 g/mol. The average molecular weight is 345 g/mol. The lowest BCUT2D eigenvalue weighted by Gasteiger charge is -2.33. The van der Waals surface area contributed by atoms with E-state index in [1.54, 1.807) is 30.0 Å². The van der Waals surface area contributed by atoms with Crippen molar-refractivity contribution in [3.63, 3.8) is 0 Å². The second-order valence-electron chi connectivity index (χ2n) is 6.56. The highest BCUT2D eigenvalue weighted by Crippen LogP contribution is 2.36. The van der Waals surface area contributed by atoms with Gasteiger partial charge in [-0.1, -0.05) is 42.5 Å². The van der Waals surface area contributed by atoms with E-state index in [0.717, 1.165) is 16.3 Å². The molecule has 1 aliphatic heterocycles. The first kappa shape index (κ1) is 16.3. The molecule has 0 spiro atoms. The summed E-state index contributed by atoms with van der Waals surface area (Å²) in [5.74, 6) is 0.484. The topological polar surface area (TPSA) is 46.6 Å². The molecule has 0 fully saturated rings. The predicted octanol–water partition coefficient (Wildman–Crippen LogP) is 4.36. The Bertz CT molecular complexity index is 1020. The maximum atomic E-state index is 12.8. The number of carbonyl (C=O) groups is 2. The quantitative estimate of drug-likeness (QED) is 0.663. The number of Topliss-reactive ketones (excluding diaryl/α,β-unsaturated/α-hetero) is 1. The van der Waals surface area contributed by atoms with Gasteiger partial charge in [0.05, 0.1) is 12.2 Å². The SMILES string of the molecule is CC(=O)c1ccc2c(c1)N(Cc1cccc3ccccc13)C(=O)C(C)O2. The van der Waals surface area contributed by atoms with Crippen LogP contribution in [0.25, 0.3) is 10.8 Å². The van der Waals surface area contributed by atoms with Crippen molar-refractivity contribution in [2.24, 2.45) is 0 Å². The third-order valence-corrected chi connectivity index (χ3v) is 4.78. The summed E-state index contributed by atoms with van der Waals surface area (Å²) in [4.78, 5) is 26.3. The Kier molecular flexibility index (Phi) is 3.96. The molecule has 0 bridgehead atoms. The zero-order valence-electron chi connectivity index (χ0n) is 14.7. The van der Waals surface area contributed by atoms with Crippen LogP contribution in [0.5, 0.6) is 5.75 Å².